The summed E-state index contributed by atoms with van der Waals surface area (Å²) in [7, 11) is 0. The molecule has 0 aromatic carbocycles. The average Bonchev–Trinajstić information content (AvgIpc) is 2.75. The predicted molar refractivity (Wildman–Crippen MR) is 63.9 cm³/mol. The maximum atomic E-state index is 11.5. The van der Waals surface area contributed by atoms with Crippen LogP contribution >= 0.6 is 0 Å². The quantitative estimate of drug-likeness (QED) is 0.785. The van der Waals surface area contributed by atoms with Crippen LogP contribution in [-0.2, 0) is 9.59 Å². The van der Waals surface area contributed by atoms with Crippen molar-refractivity contribution in [2.45, 2.75) is 20.8 Å². The van der Waals surface area contributed by atoms with Gasteiger partial charge in [-0.25, -0.2) is 14.9 Å². The fraction of sp³-hybridized carbons (Fsp3) is 0.273. The zero-order valence-corrected chi connectivity index (χ0v) is 10.6. The van der Waals surface area contributed by atoms with Gasteiger partial charge in [0, 0.05) is 33.2 Å². The Morgan fingerprint density at radius 1 is 1.16 bits per heavy atom. The van der Waals surface area contributed by atoms with Gasteiger partial charge in [0.1, 0.15) is 0 Å². The lowest BCUT2D eigenvalue weighted by atomic mass is 10.3. The number of aromatic nitrogens is 4. The Bertz CT molecular complexity index is 623. The van der Waals surface area contributed by atoms with Gasteiger partial charge in [0.25, 0.3) is 0 Å². The number of nitrogens with zero attached hydrogens (tertiary/aromatic N) is 5. The summed E-state index contributed by atoms with van der Waals surface area (Å²) in [5.74, 6) is -0.316. The van der Waals surface area contributed by atoms with E-state index in [1.165, 1.54) is 26.2 Å². The highest BCUT2D eigenvalue weighted by atomic mass is 16.5. The highest BCUT2D eigenvalue weighted by Crippen LogP contribution is 2.24. The van der Waals surface area contributed by atoms with E-state index < -0.39 is 11.8 Å². The molecule has 0 atom stereocenters. The van der Waals surface area contributed by atoms with Gasteiger partial charge in [0.05, 0.1) is 0 Å². The molecule has 2 heterocycles. The van der Waals surface area contributed by atoms with E-state index in [1.807, 2.05) is 0 Å². The molecule has 0 spiro atoms. The molecule has 2 aromatic heterocycles. The SMILES string of the molecule is CC(=O)N(C(C)=O)c1nccnc1-c1noc(C)n1. The van der Waals surface area contributed by atoms with Gasteiger partial charge < -0.3 is 4.52 Å². The highest BCUT2D eigenvalue weighted by Gasteiger charge is 2.24. The van der Waals surface area contributed by atoms with Gasteiger partial charge in [-0.15, -0.1) is 0 Å². The number of carbonyl (C=O) groups excluding carboxylic acids is 2. The summed E-state index contributed by atoms with van der Waals surface area (Å²) in [6.07, 6.45) is 2.80. The molecule has 0 saturated carbocycles. The first-order valence-corrected chi connectivity index (χ1v) is 5.43. The smallest absolute Gasteiger partial charge is 0.231 e. The van der Waals surface area contributed by atoms with E-state index in [0.29, 0.717) is 5.89 Å². The molecule has 0 unspecified atom stereocenters. The number of rotatable bonds is 2. The third-order valence-corrected chi connectivity index (χ3v) is 2.26. The summed E-state index contributed by atoms with van der Waals surface area (Å²) < 4.78 is 4.86. The number of hydrogen-bond donors (Lipinski definition) is 0. The molecule has 0 bridgehead atoms. The van der Waals surface area contributed by atoms with Crippen LogP contribution < -0.4 is 4.90 Å². The third-order valence-electron chi connectivity index (χ3n) is 2.26. The molecule has 19 heavy (non-hydrogen) atoms. The topological polar surface area (TPSA) is 102 Å². The van der Waals surface area contributed by atoms with Crippen molar-refractivity contribution in [3.8, 4) is 11.5 Å². The average molecular weight is 261 g/mol. The second-order valence-electron chi connectivity index (χ2n) is 3.74. The van der Waals surface area contributed by atoms with Gasteiger partial charge in [-0.05, 0) is 0 Å². The Kier molecular flexibility index (Phi) is 3.32. The normalized spacial score (nSPS) is 10.3. The van der Waals surface area contributed by atoms with Crippen LogP contribution in [0.5, 0.6) is 0 Å². The fourth-order valence-electron chi connectivity index (χ4n) is 1.57. The zero-order chi connectivity index (χ0) is 14.0. The van der Waals surface area contributed by atoms with Crippen molar-refractivity contribution >= 4 is 17.6 Å². The van der Waals surface area contributed by atoms with Crippen LogP contribution in [0.3, 0.4) is 0 Å². The number of anilines is 1. The lowest BCUT2D eigenvalue weighted by Gasteiger charge is -2.16. The van der Waals surface area contributed by atoms with Gasteiger partial charge in [-0.3, -0.25) is 9.59 Å². The van der Waals surface area contributed by atoms with E-state index in [9.17, 15) is 9.59 Å². The summed E-state index contributed by atoms with van der Waals surface area (Å²) in [6.45, 7) is 4.16. The zero-order valence-electron chi connectivity index (χ0n) is 10.6. The Morgan fingerprint density at radius 2 is 1.79 bits per heavy atom. The van der Waals surface area contributed by atoms with Crippen molar-refractivity contribution in [2.24, 2.45) is 0 Å². The van der Waals surface area contributed by atoms with Gasteiger partial charge in [0.15, 0.2) is 11.5 Å². The van der Waals surface area contributed by atoms with Gasteiger partial charge in [0.2, 0.25) is 23.5 Å². The lowest BCUT2D eigenvalue weighted by molar-refractivity contribution is -0.124. The van der Waals surface area contributed by atoms with Crippen molar-refractivity contribution in [3.05, 3.63) is 18.3 Å². The first kappa shape index (κ1) is 12.8. The molecule has 0 aliphatic carbocycles. The lowest BCUT2D eigenvalue weighted by Crippen LogP contribution is -2.34. The van der Waals surface area contributed by atoms with E-state index in [-0.39, 0.29) is 17.3 Å². The molecule has 2 rings (SSSR count). The Balaban J connectivity index is 2.58. The summed E-state index contributed by atoms with van der Waals surface area (Å²) >= 11 is 0. The van der Waals surface area contributed by atoms with Crippen LogP contribution in [-0.4, -0.2) is 31.9 Å². The minimum atomic E-state index is -0.463. The molecule has 0 aliphatic rings. The predicted octanol–water partition coefficient (Wildman–Crippen LogP) is 0.734. The summed E-state index contributed by atoms with van der Waals surface area (Å²) in [4.78, 5) is 36.1. The van der Waals surface area contributed by atoms with E-state index in [2.05, 4.69) is 20.1 Å². The number of carbonyl (C=O) groups is 2. The molecular formula is C11H11N5O3. The molecule has 0 radical (unpaired) electrons. The van der Waals surface area contributed by atoms with Gasteiger partial charge in [-0.1, -0.05) is 5.16 Å². The van der Waals surface area contributed by atoms with Crippen molar-refractivity contribution in [1.82, 2.24) is 20.1 Å². The summed E-state index contributed by atoms with van der Waals surface area (Å²) in [6, 6.07) is 0. The maximum Gasteiger partial charge on any atom is 0.231 e. The van der Waals surface area contributed by atoms with Crippen LogP contribution in [0, 0.1) is 6.92 Å². The van der Waals surface area contributed by atoms with Crippen molar-refractivity contribution < 1.29 is 14.1 Å². The minimum Gasteiger partial charge on any atom is -0.339 e. The fourth-order valence-corrected chi connectivity index (χ4v) is 1.57. The second-order valence-corrected chi connectivity index (χ2v) is 3.74. The molecule has 2 aromatic rings. The number of imide groups is 1. The molecule has 2 amide bonds. The van der Waals surface area contributed by atoms with E-state index in [4.69, 9.17) is 4.52 Å². The van der Waals surface area contributed by atoms with E-state index in [0.717, 1.165) is 4.90 Å². The molecule has 0 N–H and O–H groups in total. The Labute approximate surface area is 108 Å². The first-order chi connectivity index (χ1) is 9.00. The van der Waals surface area contributed by atoms with Crippen molar-refractivity contribution in [1.29, 1.82) is 0 Å². The second kappa shape index (κ2) is 4.92. The van der Waals surface area contributed by atoms with Gasteiger partial charge in [-0.2, -0.15) is 4.98 Å². The van der Waals surface area contributed by atoms with Crippen LogP contribution in [0.4, 0.5) is 5.82 Å². The van der Waals surface area contributed by atoms with Crippen LogP contribution in [0.2, 0.25) is 0 Å². The van der Waals surface area contributed by atoms with Crippen LogP contribution in [0.25, 0.3) is 11.5 Å². The first-order valence-electron chi connectivity index (χ1n) is 5.43. The highest BCUT2D eigenvalue weighted by molar-refractivity contribution is 6.13. The monoisotopic (exact) mass is 261 g/mol. The molecular weight excluding hydrogens is 250 g/mol. The van der Waals surface area contributed by atoms with Crippen LogP contribution in [0.1, 0.15) is 19.7 Å². The molecule has 8 nitrogen and oxygen atoms in total. The summed E-state index contributed by atoms with van der Waals surface area (Å²) in [5.41, 5.74) is 0.213. The molecule has 0 aliphatic heterocycles. The van der Waals surface area contributed by atoms with Crippen LogP contribution in [0.15, 0.2) is 16.9 Å². The van der Waals surface area contributed by atoms with Crippen molar-refractivity contribution in [2.75, 3.05) is 4.90 Å². The van der Waals surface area contributed by atoms with Gasteiger partial charge >= 0.3 is 0 Å². The molecule has 0 fully saturated rings. The number of hydrogen-bond acceptors (Lipinski definition) is 7. The van der Waals surface area contributed by atoms with Crippen molar-refractivity contribution in [3.63, 3.8) is 0 Å². The number of amides is 2. The summed E-state index contributed by atoms with van der Waals surface area (Å²) in [5, 5.41) is 3.71. The minimum absolute atomic E-state index is 0.0864. The molecule has 0 saturated heterocycles. The van der Waals surface area contributed by atoms with E-state index >= 15 is 0 Å². The standard InChI is InChI=1S/C11H11N5O3/c1-6-14-10(15-19-6)9-11(13-5-4-12-9)16(7(2)17)8(3)18/h4-5H,1-3H3. The molecule has 98 valence electrons. The Morgan fingerprint density at radius 3 is 2.32 bits per heavy atom. The number of aryl methyl sites for hydroxylation is 1. The largest absolute Gasteiger partial charge is 0.339 e. The third kappa shape index (κ3) is 2.46. The van der Waals surface area contributed by atoms with E-state index in [1.54, 1.807) is 6.92 Å². The Hall–Kier alpha value is -2.64. The maximum absolute atomic E-state index is 11.5. The molecule has 8 heteroatoms.